The lowest BCUT2D eigenvalue weighted by Crippen LogP contribution is -2.58. The van der Waals surface area contributed by atoms with E-state index in [4.69, 9.17) is 24.0 Å². The predicted molar refractivity (Wildman–Crippen MR) is 155 cm³/mol. The third kappa shape index (κ3) is 7.08. The summed E-state index contributed by atoms with van der Waals surface area (Å²) in [5.41, 5.74) is -0.704. The zero-order valence-electron chi connectivity index (χ0n) is 25.8. The normalized spacial score (nSPS) is 23.2. The Bertz CT molecular complexity index is 1040. The summed E-state index contributed by atoms with van der Waals surface area (Å²) in [5, 5.41) is 2.84. The van der Waals surface area contributed by atoms with Gasteiger partial charge in [-0.15, -0.1) is 0 Å². The van der Waals surface area contributed by atoms with Gasteiger partial charge in [0, 0.05) is 43.0 Å². The van der Waals surface area contributed by atoms with Gasteiger partial charge in [0.2, 0.25) is 11.9 Å². The van der Waals surface area contributed by atoms with Crippen LogP contribution in [0.2, 0.25) is 0 Å². The second-order valence-electron chi connectivity index (χ2n) is 13.8. The summed E-state index contributed by atoms with van der Waals surface area (Å²) in [7, 11) is -0.509. The van der Waals surface area contributed by atoms with Gasteiger partial charge in [-0.1, -0.05) is 13.8 Å². The van der Waals surface area contributed by atoms with Crippen molar-refractivity contribution in [1.29, 1.82) is 0 Å². The molecule has 1 aliphatic carbocycles. The first-order valence-electron chi connectivity index (χ1n) is 14.8. The van der Waals surface area contributed by atoms with Crippen molar-refractivity contribution < 1.29 is 23.6 Å². The predicted octanol–water partition coefficient (Wildman–Crippen LogP) is 3.68. The minimum Gasteiger partial charge on any atom is -0.444 e. The second kappa shape index (κ2) is 11.5. The van der Waals surface area contributed by atoms with Crippen molar-refractivity contribution in [2.24, 2.45) is 5.92 Å². The van der Waals surface area contributed by atoms with E-state index in [1.807, 2.05) is 67.2 Å². The minimum absolute atomic E-state index is 0.00918. The van der Waals surface area contributed by atoms with Gasteiger partial charge in [0.25, 0.3) is 0 Å². The molecule has 2 atom stereocenters. The van der Waals surface area contributed by atoms with Crippen LogP contribution < -0.4 is 15.7 Å². The molecule has 1 N–H and O–H groups in total. The summed E-state index contributed by atoms with van der Waals surface area (Å²) in [6.07, 6.45) is 8.09. The highest BCUT2D eigenvalue weighted by molar-refractivity contribution is 6.61. The molecule has 1 aromatic heterocycles. The Balaban J connectivity index is 1.47. The molecular weight excluding hydrogens is 509 g/mol. The molecule has 1 aromatic rings. The molecule has 0 aromatic carbocycles. The minimum atomic E-state index is -0.653. The third-order valence-electron chi connectivity index (χ3n) is 8.35. The second-order valence-corrected chi connectivity index (χ2v) is 13.8. The maximum Gasteiger partial charge on any atom is 0.498 e. The number of alkyl carbamates (subject to hydrolysis) is 1. The number of carbonyl (C=O) groups is 2. The number of carbonyl (C=O) groups excluding carboxylic acids is 2. The Labute approximate surface area is 240 Å². The number of aromatic nitrogens is 2. The first-order valence-corrected chi connectivity index (χ1v) is 14.8. The molecule has 0 bridgehead atoms. The number of rotatable bonds is 8. The number of amides is 2. The molecular formula is C29H48BN5O5. The number of hydrogen-bond donors (Lipinski definition) is 1. The number of ether oxygens (including phenoxy) is 1. The van der Waals surface area contributed by atoms with Crippen LogP contribution in [0.15, 0.2) is 12.4 Å². The Morgan fingerprint density at radius 2 is 1.70 bits per heavy atom. The number of hydrogen-bond acceptors (Lipinski definition) is 8. The Hall–Kier alpha value is -2.40. The molecule has 40 heavy (non-hydrogen) atoms. The van der Waals surface area contributed by atoms with E-state index in [0.29, 0.717) is 25.1 Å². The zero-order chi connectivity index (χ0) is 29.5. The Kier molecular flexibility index (Phi) is 8.76. The van der Waals surface area contributed by atoms with Crippen molar-refractivity contribution in [3.05, 3.63) is 12.4 Å². The van der Waals surface area contributed by atoms with E-state index >= 15 is 0 Å². The fourth-order valence-corrected chi connectivity index (χ4v) is 5.19. The first-order chi connectivity index (χ1) is 18.6. The molecule has 10 nitrogen and oxygen atoms in total. The van der Waals surface area contributed by atoms with Gasteiger partial charge in [-0.25, -0.2) is 14.8 Å². The van der Waals surface area contributed by atoms with Gasteiger partial charge in [0.15, 0.2) is 0 Å². The summed E-state index contributed by atoms with van der Waals surface area (Å²) in [4.78, 5) is 40.0. The Morgan fingerprint density at radius 3 is 2.23 bits per heavy atom. The smallest absolute Gasteiger partial charge is 0.444 e. The maximum atomic E-state index is 13.8. The van der Waals surface area contributed by atoms with Gasteiger partial charge in [-0.3, -0.25) is 4.79 Å². The van der Waals surface area contributed by atoms with E-state index in [1.54, 1.807) is 12.4 Å². The summed E-state index contributed by atoms with van der Waals surface area (Å²) >= 11 is 0. The lowest BCUT2D eigenvalue weighted by molar-refractivity contribution is -0.138. The van der Waals surface area contributed by atoms with E-state index in [0.717, 1.165) is 37.6 Å². The van der Waals surface area contributed by atoms with Gasteiger partial charge < -0.3 is 29.2 Å². The van der Waals surface area contributed by atoms with Gasteiger partial charge in [-0.05, 0) is 86.5 Å². The lowest BCUT2D eigenvalue weighted by Gasteiger charge is -2.41. The van der Waals surface area contributed by atoms with Crippen LogP contribution in [-0.4, -0.2) is 82.0 Å². The molecule has 1 saturated carbocycles. The van der Waals surface area contributed by atoms with Crippen LogP contribution in [0.25, 0.3) is 0 Å². The van der Waals surface area contributed by atoms with Crippen molar-refractivity contribution in [2.45, 2.75) is 129 Å². The molecule has 222 valence electrons. The lowest BCUT2D eigenvalue weighted by atomic mass is 9.81. The van der Waals surface area contributed by atoms with Crippen molar-refractivity contribution in [1.82, 2.24) is 20.2 Å². The molecule has 0 radical (unpaired) electrons. The molecule has 0 spiro atoms. The van der Waals surface area contributed by atoms with Crippen LogP contribution in [0, 0.1) is 5.92 Å². The Morgan fingerprint density at radius 1 is 1.10 bits per heavy atom. The number of likely N-dealkylation sites (tertiary alicyclic amines) is 1. The van der Waals surface area contributed by atoms with E-state index in [-0.39, 0.29) is 17.9 Å². The largest absolute Gasteiger partial charge is 0.498 e. The fourth-order valence-electron chi connectivity index (χ4n) is 5.19. The zero-order valence-corrected chi connectivity index (χ0v) is 25.8. The van der Waals surface area contributed by atoms with Crippen LogP contribution in [0.4, 0.5) is 10.7 Å². The highest BCUT2D eigenvalue weighted by Gasteiger charge is 2.52. The fraction of sp³-hybridized carbons (Fsp3) is 0.793. The van der Waals surface area contributed by atoms with E-state index in [9.17, 15) is 9.59 Å². The number of anilines is 1. The average molecular weight is 558 g/mol. The molecule has 2 aliphatic heterocycles. The van der Waals surface area contributed by atoms with Crippen molar-refractivity contribution in [3.8, 4) is 0 Å². The summed E-state index contributed by atoms with van der Waals surface area (Å²) in [6, 6.07) is -0.280. The monoisotopic (exact) mass is 557 g/mol. The summed E-state index contributed by atoms with van der Waals surface area (Å²) in [6.45, 7) is 18.8. The molecule has 3 heterocycles. The number of nitrogens with one attached hydrogen (secondary N) is 1. The quantitative estimate of drug-likeness (QED) is 0.483. The molecule has 2 saturated heterocycles. The van der Waals surface area contributed by atoms with Crippen LogP contribution in [0.3, 0.4) is 0 Å². The van der Waals surface area contributed by atoms with Crippen LogP contribution in [0.1, 0.15) is 94.4 Å². The van der Waals surface area contributed by atoms with Crippen molar-refractivity contribution in [3.63, 3.8) is 0 Å². The van der Waals surface area contributed by atoms with E-state index in [2.05, 4.69) is 10.2 Å². The topological polar surface area (TPSA) is 106 Å². The van der Waals surface area contributed by atoms with Gasteiger partial charge in [0.05, 0.1) is 11.2 Å². The van der Waals surface area contributed by atoms with Crippen LogP contribution in [0.5, 0.6) is 0 Å². The van der Waals surface area contributed by atoms with E-state index < -0.39 is 36.1 Å². The molecule has 4 rings (SSSR count). The first kappa shape index (κ1) is 30.6. The van der Waals surface area contributed by atoms with Crippen LogP contribution >= 0.6 is 0 Å². The summed E-state index contributed by atoms with van der Waals surface area (Å²) < 4.78 is 17.8. The highest BCUT2D eigenvalue weighted by atomic mass is 16.7. The average Bonchev–Trinajstić information content (AvgIpc) is 3.66. The molecule has 2 amide bonds. The van der Waals surface area contributed by atoms with Crippen LogP contribution in [-0.2, 0) is 18.8 Å². The van der Waals surface area contributed by atoms with Gasteiger partial charge in [-0.2, -0.15) is 0 Å². The SMILES string of the molecule is CC(C)[C@@H](NC(=O)OC(C)(C)C)C(=O)N1CCCC[C@H]1CN(c1ncc(B2OC(C)(C)C(C)(C)O2)cn1)C1CC1. The number of piperidine rings is 1. The van der Waals surface area contributed by atoms with E-state index in [1.165, 1.54) is 0 Å². The summed E-state index contributed by atoms with van der Waals surface area (Å²) in [5.74, 6) is 0.527. The molecule has 0 unspecified atom stereocenters. The molecule has 3 aliphatic rings. The van der Waals surface area contributed by atoms with Gasteiger partial charge >= 0.3 is 13.2 Å². The third-order valence-corrected chi connectivity index (χ3v) is 8.35. The van der Waals surface area contributed by atoms with Gasteiger partial charge in [0.1, 0.15) is 11.6 Å². The highest BCUT2D eigenvalue weighted by Crippen LogP contribution is 2.36. The molecule has 3 fully saturated rings. The molecule has 11 heteroatoms. The standard InChI is InChI=1S/C29H48BN5O5/c1-19(2)23(33-26(37)38-27(3,4)5)24(36)34-15-11-10-12-22(34)18-35(21-13-14-21)25-31-16-20(17-32-25)30-39-28(6,7)29(8,9)40-30/h16-17,19,21-23H,10-15,18H2,1-9H3,(H,33,37)/t22-,23+/m0/s1. The van der Waals surface area contributed by atoms with Crippen molar-refractivity contribution >= 4 is 30.5 Å². The van der Waals surface area contributed by atoms with Crippen molar-refractivity contribution in [2.75, 3.05) is 18.0 Å². The maximum absolute atomic E-state index is 13.8. The number of nitrogens with zero attached hydrogens (tertiary/aromatic N) is 4.